The van der Waals surface area contributed by atoms with Crippen LogP contribution in [0.15, 0.2) is 72.8 Å². The molecule has 3 rings (SSSR count). The SMILES string of the molecule is COC(=O)[C@@H](Cc1ccc(OCc2ccccc2)cc1)NC(=O)Cc1c(F)cccc1F. The fourth-order valence-electron chi connectivity index (χ4n) is 3.14. The standard InChI is InChI=1S/C25H23F2NO4/c1-31-25(30)23(28-24(29)15-20-21(26)8-5-9-22(20)27)14-17-10-12-19(13-11-17)32-16-18-6-3-2-4-7-18/h2-13,23H,14-16H2,1H3,(H,28,29)/t23-/m1/s1. The Bertz CT molecular complexity index is 1040. The molecule has 0 spiro atoms. The van der Waals surface area contributed by atoms with Gasteiger partial charge in [0, 0.05) is 12.0 Å². The molecular formula is C25H23F2NO4. The van der Waals surface area contributed by atoms with E-state index in [1.165, 1.54) is 13.2 Å². The van der Waals surface area contributed by atoms with E-state index < -0.39 is 36.0 Å². The van der Waals surface area contributed by atoms with Gasteiger partial charge >= 0.3 is 5.97 Å². The molecule has 0 aliphatic carbocycles. The minimum atomic E-state index is -1.00. The molecule has 0 unspecified atom stereocenters. The molecule has 1 atom stereocenters. The Kier molecular flexibility index (Phi) is 7.91. The van der Waals surface area contributed by atoms with E-state index in [2.05, 4.69) is 5.32 Å². The highest BCUT2D eigenvalue weighted by molar-refractivity contribution is 5.85. The summed E-state index contributed by atoms with van der Waals surface area (Å²) in [7, 11) is 1.21. The van der Waals surface area contributed by atoms with Crippen molar-refractivity contribution in [2.24, 2.45) is 0 Å². The quantitative estimate of drug-likeness (QED) is 0.512. The molecule has 32 heavy (non-hydrogen) atoms. The van der Waals surface area contributed by atoms with Crippen molar-refractivity contribution in [1.82, 2.24) is 5.32 Å². The Labute approximate surface area is 185 Å². The number of carbonyl (C=O) groups is 2. The summed E-state index contributed by atoms with van der Waals surface area (Å²) < 4.78 is 38.1. The lowest BCUT2D eigenvalue weighted by atomic mass is 10.0. The minimum absolute atomic E-state index is 0.150. The molecule has 3 aromatic carbocycles. The number of carbonyl (C=O) groups excluding carboxylic acids is 2. The molecule has 1 N–H and O–H groups in total. The Morgan fingerprint density at radius 1 is 0.875 bits per heavy atom. The van der Waals surface area contributed by atoms with Crippen LogP contribution in [0.2, 0.25) is 0 Å². The number of hydrogen-bond acceptors (Lipinski definition) is 4. The summed E-state index contributed by atoms with van der Waals surface area (Å²) in [6, 6.07) is 19.2. The zero-order chi connectivity index (χ0) is 22.9. The zero-order valence-corrected chi connectivity index (χ0v) is 17.5. The smallest absolute Gasteiger partial charge is 0.328 e. The number of halogens is 2. The van der Waals surface area contributed by atoms with E-state index in [1.807, 2.05) is 30.3 Å². The molecular weight excluding hydrogens is 416 g/mol. The van der Waals surface area contributed by atoms with Gasteiger partial charge in [0.15, 0.2) is 0 Å². The molecule has 0 aliphatic heterocycles. The normalized spacial score (nSPS) is 11.5. The average Bonchev–Trinajstić information content (AvgIpc) is 2.81. The maximum absolute atomic E-state index is 13.8. The van der Waals surface area contributed by atoms with Gasteiger partial charge in [0.05, 0.1) is 13.5 Å². The monoisotopic (exact) mass is 439 g/mol. The Morgan fingerprint density at radius 3 is 2.16 bits per heavy atom. The fourth-order valence-corrected chi connectivity index (χ4v) is 3.14. The second kappa shape index (κ2) is 11.0. The first kappa shape index (κ1) is 22.9. The predicted molar refractivity (Wildman–Crippen MR) is 115 cm³/mol. The summed E-state index contributed by atoms with van der Waals surface area (Å²) >= 11 is 0. The zero-order valence-electron chi connectivity index (χ0n) is 17.5. The number of nitrogens with one attached hydrogen (secondary N) is 1. The van der Waals surface area contributed by atoms with Crippen LogP contribution in [0.1, 0.15) is 16.7 Å². The number of ether oxygens (including phenoxy) is 2. The topological polar surface area (TPSA) is 64.6 Å². The van der Waals surface area contributed by atoms with Crippen LogP contribution in [0, 0.1) is 11.6 Å². The van der Waals surface area contributed by atoms with Crippen LogP contribution >= 0.6 is 0 Å². The van der Waals surface area contributed by atoms with Crippen molar-refractivity contribution in [1.29, 1.82) is 0 Å². The summed E-state index contributed by atoms with van der Waals surface area (Å²) in [6.45, 7) is 0.424. The number of benzene rings is 3. The maximum Gasteiger partial charge on any atom is 0.328 e. The number of rotatable bonds is 9. The van der Waals surface area contributed by atoms with Gasteiger partial charge in [-0.05, 0) is 35.4 Å². The molecule has 3 aromatic rings. The average molecular weight is 439 g/mol. The highest BCUT2D eigenvalue weighted by atomic mass is 19.1. The first-order chi connectivity index (χ1) is 15.5. The molecule has 0 fully saturated rings. The number of hydrogen-bond donors (Lipinski definition) is 1. The summed E-state index contributed by atoms with van der Waals surface area (Å²) in [4.78, 5) is 24.5. The van der Waals surface area contributed by atoms with Gasteiger partial charge in [0.25, 0.3) is 0 Å². The molecule has 5 nitrogen and oxygen atoms in total. The van der Waals surface area contributed by atoms with Gasteiger partial charge in [-0.1, -0.05) is 48.5 Å². The van der Waals surface area contributed by atoms with Crippen LogP contribution < -0.4 is 10.1 Å². The van der Waals surface area contributed by atoms with Crippen molar-refractivity contribution >= 4 is 11.9 Å². The van der Waals surface area contributed by atoms with Crippen LogP contribution in [0.3, 0.4) is 0 Å². The maximum atomic E-state index is 13.8. The highest BCUT2D eigenvalue weighted by Crippen LogP contribution is 2.16. The molecule has 0 saturated heterocycles. The predicted octanol–water partition coefficient (Wildman–Crippen LogP) is 3.99. The largest absolute Gasteiger partial charge is 0.489 e. The molecule has 0 bridgehead atoms. The minimum Gasteiger partial charge on any atom is -0.489 e. The van der Waals surface area contributed by atoms with Crippen molar-refractivity contribution in [3.8, 4) is 5.75 Å². The van der Waals surface area contributed by atoms with E-state index in [0.29, 0.717) is 12.4 Å². The van der Waals surface area contributed by atoms with Crippen molar-refractivity contribution in [2.45, 2.75) is 25.5 Å². The van der Waals surface area contributed by atoms with Gasteiger partial charge in [0.2, 0.25) is 5.91 Å². The summed E-state index contributed by atoms with van der Waals surface area (Å²) in [6.07, 6.45) is -0.380. The Hall–Kier alpha value is -3.74. The highest BCUT2D eigenvalue weighted by Gasteiger charge is 2.23. The summed E-state index contributed by atoms with van der Waals surface area (Å²) in [5.41, 5.74) is 1.44. The van der Waals surface area contributed by atoms with Gasteiger partial charge in [-0.3, -0.25) is 4.79 Å². The van der Waals surface area contributed by atoms with Crippen LogP contribution in [0.25, 0.3) is 0 Å². The summed E-state index contributed by atoms with van der Waals surface area (Å²) in [5, 5.41) is 2.50. The molecule has 1 amide bonds. The lowest BCUT2D eigenvalue weighted by Crippen LogP contribution is -2.43. The fraction of sp³-hybridized carbons (Fsp3) is 0.200. The Balaban J connectivity index is 1.61. The van der Waals surface area contributed by atoms with Crippen molar-refractivity contribution < 1.29 is 27.8 Å². The third-order valence-corrected chi connectivity index (χ3v) is 4.83. The van der Waals surface area contributed by atoms with E-state index in [-0.39, 0.29) is 12.0 Å². The lowest BCUT2D eigenvalue weighted by Gasteiger charge is -2.17. The van der Waals surface area contributed by atoms with Crippen LogP contribution in [0.4, 0.5) is 8.78 Å². The summed E-state index contributed by atoms with van der Waals surface area (Å²) in [5.74, 6) is -2.32. The first-order valence-electron chi connectivity index (χ1n) is 10.0. The third kappa shape index (κ3) is 6.38. The van der Waals surface area contributed by atoms with Crippen molar-refractivity contribution in [3.05, 3.63) is 101 Å². The van der Waals surface area contributed by atoms with Crippen LogP contribution in [-0.4, -0.2) is 25.0 Å². The first-order valence-corrected chi connectivity index (χ1v) is 10.0. The molecule has 7 heteroatoms. The molecule has 0 radical (unpaired) electrons. The lowest BCUT2D eigenvalue weighted by molar-refractivity contribution is -0.145. The third-order valence-electron chi connectivity index (χ3n) is 4.83. The van der Waals surface area contributed by atoms with Crippen LogP contribution in [0.5, 0.6) is 5.75 Å². The van der Waals surface area contributed by atoms with E-state index in [1.54, 1.807) is 24.3 Å². The van der Waals surface area contributed by atoms with E-state index in [9.17, 15) is 18.4 Å². The molecule has 0 aliphatic rings. The van der Waals surface area contributed by atoms with Gasteiger partial charge in [0.1, 0.15) is 30.0 Å². The van der Waals surface area contributed by atoms with Gasteiger partial charge < -0.3 is 14.8 Å². The number of methoxy groups -OCH3 is 1. The van der Waals surface area contributed by atoms with Gasteiger partial charge in [-0.2, -0.15) is 0 Å². The van der Waals surface area contributed by atoms with Gasteiger partial charge in [-0.15, -0.1) is 0 Å². The van der Waals surface area contributed by atoms with E-state index >= 15 is 0 Å². The number of esters is 1. The molecule has 0 aromatic heterocycles. The van der Waals surface area contributed by atoms with Crippen molar-refractivity contribution in [2.75, 3.05) is 7.11 Å². The molecule has 166 valence electrons. The molecule has 0 heterocycles. The Morgan fingerprint density at radius 2 is 1.53 bits per heavy atom. The van der Waals surface area contributed by atoms with E-state index in [4.69, 9.17) is 9.47 Å². The van der Waals surface area contributed by atoms with E-state index in [0.717, 1.165) is 23.3 Å². The number of amides is 1. The molecule has 0 saturated carbocycles. The van der Waals surface area contributed by atoms with Crippen LogP contribution in [-0.2, 0) is 33.8 Å². The van der Waals surface area contributed by atoms with Gasteiger partial charge in [-0.25, -0.2) is 13.6 Å². The second-order valence-electron chi connectivity index (χ2n) is 7.14. The van der Waals surface area contributed by atoms with Crippen molar-refractivity contribution in [3.63, 3.8) is 0 Å². The second-order valence-corrected chi connectivity index (χ2v) is 7.14.